The molecule has 0 saturated carbocycles. The summed E-state index contributed by atoms with van der Waals surface area (Å²) in [5.74, 6) is 1.53. The molecule has 0 aliphatic rings. The predicted octanol–water partition coefficient (Wildman–Crippen LogP) is 4.60. The number of nitrogens with zero attached hydrogens (tertiary/aromatic N) is 3. The van der Waals surface area contributed by atoms with Crippen LogP contribution < -0.4 is 10.1 Å². The Morgan fingerprint density at radius 1 is 0.892 bits per heavy atom. The zero-order valence-corrected chi connectivity index (χ0v) is 21.3. The standard InChI is InChI=1S/C30H34N4O3/c1-33(21-24-13-5-2-6-14-24)30(36)22-34-27-18-11-10-17-26(27)32-28(34)19-9-4-12-20-31-29(35)23-37-25-15-7-3-8-16-25/h2-3,5-8,10-11,13-18H,4,9,12,19-23H2,1H3,(H,31,35). The number of aryl methyl sites for hydroxylation is 1. The maximum atomic E-state index is 13.1. The van der Waals surface area contributed by atoms with Crippen molar-refractivity contribution in [2.45, 2.75) is 38.8 Å². The Morgan fingerprint density at radius 3 is 2.38 bits per heavy atom. The van der Waals surface area contributed by atoms with Gasteiger partial charge in [-0.1, -0.05) is 67.1 Å². The lowest BCUT2D eigenvalue weighted by atomic mass is 10.2. The smallest absolute Gasteiger partial charge is 0.257 e. The molecule has 0 atom stereocenters. The van der Waals surface area contributed by atoms with Crippen LogP contribution in [-0.2, 0) is 29.1 Å². The molecule has 1 heterocycles. The van der Waals surface area contributed by atoms with Crippen LogP contribution in [0.25, 0.3) is 11.0 Å². The second-order valence-electron chi connectivity index (χ2n) is 9.10. The van der Waals surface area contributed by atoms with Crippen LogP contribution in [0.5, 0.6) is 5.75 Å². The third-order valence-electron chi connectivity index (χ3n) is 6.23. The molecule has 7 heteroatoms. The zero-order chi connectivity index (χ0) is 25.9. The van der Waals surface area contributed by atoms with E-state index in [-0.39, 0.29) is 25.0 Å². The van der Waals surface area contributed by atoms with Gasteiger partial charge >= 0.3 is 0 Å². The first kappa shape index (κ1) is 25.9. The average molecular weight is 499 g/mol. The summed E-state index contributed by atoms with van der Waals surface area (Å²) in [6.45, 7) is 1.46. The Labute approximate surface area is 218 Å². The van der Waals surface area contributed by atoms with Gasteiger partial charge < -0.3 is 19.5 Å². The van der Waals surface area contributed by atoms with Gasteiger partial charge in [0.25, 0.3) is 5.91 Å². The van der Waals surface area contributed by atoms with Crippen molar-refractivity contribution in [3.63, 3.8) is 0 Å². The van der Waals surface area contributed by atoms with Crippen molar-refractivity contribution in [3.05, 3.63) is 96.3 Å². The van der Waals surface area contributed by atoms with Gasteiger partial charge in [-0.3, -0.25) is 9.59 Å². The highest BCUT2D eigenvalue weighted by Gasteiger charge is 2.16. The van der Waals surface area contributed by atoms with E-state index in [1.54, 1.807) is 4.90 Å². The monoisotopic (exact) mass is 498 g/mol. The van der Waals surface area contributed by atoms with E-state index in [0.717, 1.165) is 48.1 Å². The van der Waals surface area contributed by atoms with Crippen molar-refractivity contribution in [2.24, 2.45) is 0 Å². The Hall–Kier alpha value is -4.13. The number of benzene rings is 3. The minimum atomic E-state index is -0.121. The molecule has 0 radical (unpaired) electrons. The predicted molar refractivity (Wildman–Crippen MR) is 145 cm³/mol. The molecule has 0 aliphatic heterocycles. The first-order valence-corrected chi connectivity index (χ1v) is 12.8. The van der Waals surface area contributed by atoms with Crippen LogP contribution in [0.2, 0.25) is 0 Å². The van der Waals surface area contributed by atoms with E-state index in [4.69, 9.17) is 9.72 Å². The Kier molecular flexibility index (Phi) is 9.29. The van der Waals surface area contributed by atoms with E-state index in [0.29, 0.717) is 18.8 Å². The summed E-state index contributed by atoms with van der Waals surface area (Å²) in [6, 6.07) is 27.3. The number of nitrogens with one attached hydrogen (secondary N) is 1. The minimum absolute atomic E-state index is 0.0147. The summed E-state index contributed by atoms with van der Waals surface area (Å²) < 4.78 is 7.52. The number of amides is 2. The van der Waals surface area contributed by atoms with Gasteiger partial charge in [-0.05, 0) is 42.7 Å². The topological polar surface area (TPSA) is 76.5 Å². The summed E-state index contributed by atoms with van der Waals surface area (Å²) in [6.07, 6.45) is 3.52. The lowest BCUT2D eigenvalue weighted by Crippen LogP contribution is -2.30. The van der Waals surface area contributed by atoms with Gasteiger partial charge in [-0.25, -0.2) is 4.98 Å². The molecule has 0 saturated heterocycles. The van der Waals surface area contributed by atoms with Crippen LogP contribution >= 0.6 is 0 Å². The van der Waals surface area contributed by atoms with Crippen molar-refractivity contribution in [1.29, 1.82) is 0 Å². The molecule has 2 amide bonds. The van der Waals surface area contributed by atoms with Crippen LogP contribution in [0.1, 0.15) is 30.7 Å². The van der Waals surface area contributed by atoms with Crippen molar-refractivity contribution in [1.82, 2.24) is 19.8 Å². The Bertz CT molecular complexity index is 1290. The summed E-state index contributed by atoms with van der Waals surface area (Å²) in [4.78, 5) is 31.6. The zero-order valence-electron chi connectivity index (χ0n) is 21.3. The van der Waals surface area contributed by atoms with Crippen molar-refractivity contribution >= 4 is 22.8 Å². The number of imidazole rings is 1. The summed E-state index contributed by atoms with van der Waals surface area (Å²) in [7, 11) is 1.84. The lowest BCUT2D eigenvalue weighted by molar-refractivity contribution is -0.131. The van der Waals surface area contributed by atoms with Crippen molar-refractivity contribution in [3.8, 4) is 5.75 Å². The molecule has 4 rings (SSSR count). The number of hydrogen-bond acceptors (Lipinski definition) is 4. The normalized spacial score (nSPS) is 10.8. The van der Waals surface area contributed by atoms with Crippen LogP contribution in [-0.4, -0.2) is 46.5 Å². The molecule has 4 aromatic rings. The molecule has 0 bridgehead atoms. The highest BCUT2D eigenvalue weighted by Crippen LogP contribution is 2.18. The number of rotatable bonds is 13. The fourth-order valence-corrected chi connectivity index (χ4v) is 4.22. The number of para-hydroxylation sites is 3. The highest BCUT2D eigenvalue weighted by atomic mass is 16.5. The largest absolute Gasteiger partial charge is 0.484 e. The minimum Gasteiger partial charge on any atom is -0.484 e. The second kappa shape index (κ2) is 13.3. The third-order valence-corrected chi connectivity index (χ3v) is 6.23. The molecule has 0 spiro atoms. The first-order valence-electron chi connectivity index (χ1n) is 12.8. The Morgan fingerprint density at radius 2 is 1.59 bits per heavy atom. The fourth-order valence-electron chi connectivity index (χ4n) is 4.22. The summed E-state index contributed by atoms with van der Waals surface area (Å²) >= 11 is 0. The molecular weight excluding hydrogens is 464 g/mol. The van der Waals surface area contributed by atoms with Gasteiger partial charge in [-0.15, -0.1) is 0 Å². The molecule has 37 heavy (non-hydrogen) atoms. The van der Waals surface area contributed by atoms with Crippen molar-refractivity contribution in [2.75, 3.05) is 20.2 Å². The molecule has 1 aromatic heterocycles. The number of hydrogen-bond donors (Lipinski definition) is 1. The SMILES string of the molecule is CN(Cc1ccccc1)C(=O)Cn1c(CCCCCNC(=O)COc2ccccc2)nc2ccccc21. The number of likely N-dealkylation sites (N-methyl/N-ethyl adjacent to an activating group) is 1. The summed E-state index contributed by atoms with van der Waals surface area (Å²) in [5.41, 5.74) is 2.99. The fraction of sp³-hybridized carbons (Fsp3) is 0.300. The van der Waals surface area contributed by atoms with Crippen LogP contribution in [0.4, 0.5) is 0 Å². The number of unbranched alkanes of at least 4 members (excludes halogenated alkanes) is 2. The average Bonchev–Trinajstić information content (AvgIpc) is 3.27. The van der Waals surface area contributed by atoms with Gasteiger partial charge in [-0.2, -0.15) is 0 Å². The number of carbonyl (C=O) groups is 2. The van der Waals surface area contributed by atoms with Gasteiger partial charge in [0.15, 0.2) is 6.61 Å². The second-order valence-corrected chi connectivity index (χ2v) is 9.10. The van der Waals surface area contributed by atoms with Gasteiger partial charge in [0.2, 0.25) is 5.91 Å². The molecular formula is C30H34N4O3. The molecule has 0 unspecified atom stereocenters. The number of aromatic nitrogens is 2. The number of ether oxygens (including phenoxy) is 1. The van der Waals surface area contributed by atoms with Gasteiger partial charge in [0.05, 0.1) is 11.0 Å². The first-order chi connectivity index (χ1) is 18.1. The van der Waals surface area contributed by atoms with E-state index in [1.807, 2.05) is 96.5 Å². The van der Waals surface area contributed by atoms with E-state index in [2.05, 4.69) is 5.32 Å². The lowest BCUT2D eigenvalue weighted by Gasteiger charge is -2.19. The van der Waals surface area contributed by atoms with Crippen LogP contribution in [0, 0.1) is 0 Å². The quantitative estimate of drug-likeness (QED) is 0.273. The van der Waals surface area contributed by atoms with Crippen LogP contribution in [0.15, 0.2) is 84.9 Å². The molecule has 7 nitrogen and oxygen atoms in total. The van der Waals surface area contributed by atoms with Gasteiger partial charge in [0, 0.05) is 26.6 Å². The van der Waals surface area contributed by atoms with Crippen LogP contribution in [0.3, 0.4) is 0 Å². The van der Waals surface area contributed by atoms with Crippen molar-refractivity contribution < 1.29 is 14.3 Å². The van der Waals surface area contributed by atoms with E-state index >= 15 is 0 Å². The van der Waals surface area contributed by atoms with E-state index < -0.39 is 0 Å². The maximum Gasteiger partial charge on any atom is 0.257 e. The molecule has 3 aromatic carbocycles. The number of fused-ring (bicyclic) bond motifs is 1. The third kappa shape index (κ3) is 7.67. The highest BCUT2D eigenvalue weighted by molar-refractivity contribution is 5.81. The molecule has 192 valence electrons. The van der Waals surface area contributed by atoms with E-state index in [1.165, 1.54) is 0 Å². The molecule has 0 aliphatic carbocycles. The van der Waals surface area contributed by atoms with Gasteiger partial charge in [0.1, 0.15) is 18.1 Å². The summed E-state index contributed by atoms with van der Waals surface area (Å²) in [5, 5.41) is 2.91. The number of carbonyl (C=O) groups excluding carboxylic acids is 2. The molecule has 0 fully saturated rings. The molecule has 1 N–H and O–H groups in total. The van der Waals surface area contributed by atoms with E-state index in [9.17, 15) is 9.59 Å². The Balaban J connectivity index is 1.25. The maximum absolute atomic E-state index is 13.1.